The average molecular weight is 322 g/mol. The molecule has 1 aliphatic rings. The number of nitrogens with zero attached hydrogens (tertiary/aromatic N) is 2. The van der Waals surface area contributed by atoms with Crippen LogP contribution in [0.4, 0.5) is 0 Å². The van der Waals surface area contributed by atoms with Gasteiger partial charge < -0.3 is 10.1 Å². The van der Waals surface area contributed by atoms with Crippen molar-refractivity contribution in [1.29, 1.82) is 0 Å². The van der Waals surface area contributed by atoms with Gasteiger partial charge in [0.1, 0.15) is 5.75 Å². The summed E-state index contributed by atoms with van der Waals surface area (Å²) in [5, 5.41) is 7.62. The smallest absolute Gasteiger partial charge is 0.165 e. The summed E-state index contributed by atoms with van der Waals surface area (Å²) in [5.74, 6) is 1.64. The molecular weight excluding hydrogens is 306 g/mol. The van der Waals surface area contributed by atoms with Crippen LogP contribution in [0.15, 0.2) is 35.1 Å². The summed E-state index contributed by atoms with van der Waals surface area (Å²) in [6, 6.07) is 6.76. The number of benzene rings is 1. The second-order valence-electron chi connectivity index (χ2n) is 4.86. The van der Waals surface area contributed by atoms with Crippen LogP contribution in [-0.4, -0.2) is 15.8 Å². The zero-order valence-corrected chi connectivity index (χ0v) is 12.4. The van der Waals surface area contributed by atoms with Gasteiger partial charge in [0.05, 0.1) is 12.4 Å². The molecule has 1 aromatic carbocycles. The molecule has 1 aliphatic carbocycles. The molecule has 1 aromatic heterocycles. The minimum Gasteiger partial charge on any atom is -0.454 e. The van der Waals surface area contributed by atoms with Crippen molar-refractivity contribution in [3.8, 4) is 11.5 Å². The van der Waals surface area contributed by atoms with Gasteiger partial charge in [-0.3, -0.25) is 4.68 Å². The van der Waals surface area contributed by atoms with E-state index in [1.165, 1.54) is 12.8 Å². The first-order valence-corrected chi connectivity index (χ1v) is 7.18. The van der Waals surface area contributed by atoms with Crippen LogP contribution in [0.25, 0.3) is 0 Å². The van der Waals surface area contributed by atoms with Gasteiger partial charge in [-0.05, 0) is 31.0 Å². The quantitative estimate of drug-likeness (QED) is 0.919. The Balaban J connectivity index is 1.77. The molecular formula is C14H16BrN3O. The first kappa shape index (κ1) is 12.7. The Morgan fingerprint density at radius 2 is 2.32 bits per heavy atom. The monoisotopic (exact) mass is 321 g/mol. The first-order valence-electron chi connectivity index (χ1n) is 6.39. The van der Waals surface area contributed by atoms with Crippen molar-refractivity contribution in [2.45, 2.75) is 25.4 Å². The fraction of sp³-hybridized carbons (Fsp3) is 0.357. The third-order valence-electron chi connectivity index (χ3n) is 3.09. The van der Waals surface area contributed by atoms with Gasteiger partial charge in [-0.2, -0.15) is 5.10 Å². The maximum atomic E-state index is 5.89. The summed E-state index contributed by atoms with van der Waals surface area (Å²) < 4.78 is 8.69. The van der Waals surface area contributed by atoms with Crippen LogP contribution < -0.4 is 10.1 Å². The molecule has 100 valence electrons. The zero-order chi connectivity index (χ0) is 13.2. The van der Waals surface area contributed by atoms with E-state index in [-0.39, 0.29) is 0 Å². The topological polar surface area (TPSA) is 39.1 Å². The van der Waals surface area contributed by atoms with Crippen LogP contribution in [0.5, 0.6) is 11.5 Å². The number of halogens is 1. The number of hydrogen-bond donors (Lipinski definition) is 1. The van der Waals surface area contributed by atoms with E-state index in [1.54, 1.807) is 10.9 Å². The summed E-state index contributed by atoms with van der Waals surface area (Å²) in [6.07, 6.45) is 6.15. The fourth-order valence-electron chi connectivity index (χ4n) is 1.91. The number of hydrogen-bond acceptors (Lipinski definition) is 3. The minimum absolute atomic E-state index is 0.685. The maximum Gasteiger partial charge on any atom is 0.165 e. The van der Waals surface area contributed by atoms with E-state index in [4.69, 9.17) is 4.74 Å². The predicted octanol–water partition coefficient (Wildman–Crippen LogP) is 3.23. The Morgan fingerprint density at radius 1 is 1.47 bits per heavy atom. The Hall–Kier alpha value is -1.33. The van der Waals surface area contributed by atoms with E-state index in [0.29, 0.717) is 6.04 Å². The lowest BCUT2D eigenvalue weighted by molar-refractivity contribution is 0.471. The van der Waals surface area contributed by atoms with E-state index >= 15 is 0 Å². The lowest BCUT2D eigenvalue weighted by Crippen LogP contribution is -2.15. The van der Waals surface area contributed by atoms with Crippen molar-refractivity contribution in [1.82, 2.24) is 15.1 Å². The van der Waals surface area contributed by atoms with Crippen LogP contribution in [0.3, 0.4) is 0 Å². The molecule has 1 heterocycles. The third-order valence-corrected chi connectivity index (χ3v) is 3.58. The Kier molecular flexibility index (Phi) is 3.57. The zero-order valence-electron chi connectivity index (χ0n) is 10.8. The highest BCUT2D eigenvalue weighted by molar-refractivity contribution is 9.10. The van der Waals surface area contributed by atoms with Gasteiger partial charge in [0.25, 0.3) is 0 Å². The molecule has 19 heavy (non-hydrogen) atoms. The van der Waals surface area contributed by atoms with E-state index in [9.17, 15) is 0 Å². The second-order valence-corrected chi connectivity index (χ2v) is 5.77. The highest BCUT2D eigenvalue weighted by Crippen LogP contribution is 2.29. The number of nitrogens with one attached hydrogen (secondary N) is 1. The SMILES string of the molecule is Cn1cc(Oc2ccc(Br)cc2CNC2CC2)cn1. The van der Waals surface area contributed by atoms with Crippen LogP contribution >= 0.6 is 15.9 Å². The molecule has 2 aromatic rings. The second kappa shape index (κ2) is 5.35. The van der Waals surface area contributed by atoms with Gasteiger partial charge in [-0.15, -0.1) is 0 Å². The fourth-order valence-corrected chi connectivity index (χ4v) is 2.31. The van der Waals surface area contributed by atoms with Crippen molar-refractivity contribution in [3.05, 3.63) is 40.6 Å². The van der Waals surface area contributed by atoms with Gasteiger partial charge in [-0.25, -0.2) is 0 Å². The maximum absolute atomic E-state index is 5.89. The molecule has 5 heteroatoms. The molecule has 0 bridgehead atoms. The summed E-state index contributed by atoms with van der Waals surface area (Å²) >= 11 is 3.51. The van der Waals surface area contributed by atoms with Gasteiger partial charge in [0.15, 0.2) is 5.75 Å². The summed E-state index contributed by atoms with van der Waals surface area (Å²) in [6.45, 7) is 0.833. The highest BCUT2D eigenvalue weighted by atomic mass is 79.9. The molecule has 1 saturated carbocycles. The van der Waals surface area contributed by atoms with Gasteiger partial charge in [0, 0.05) is 29.7 Å². The number of ether oxygens (including phenoxy) is 1. The van der Waals surface area contributed by atoms with Gasteiger partial charge >= 0.3 is 0 Å². The van der Waals surface area contributed by atoms with Crippen molar-refractivity contribution in [2.24, 2.45) is 7.05 Å². The van der Waals surface area contributed by atoms with Gasteiger partial charge in [-0.1, -0.05) is 15.9 Å². The number of aromatic nitrogens is 2. The molecule has 1 N–H and O–H groups in total. The predicted molar refractivity (Wildman–Crippen MR) is 77.3 cm³/mol. The van der Waals surface area contributed by atoms with Crippen molar-refractivity contribution >= 4 is 15.9 Å². The van der Waals surface area contributed by atoms with E-state index in [1.807, 2.05) is 25.4 Å². The molecule has 1 fully saturated rings. The van der Waals surface area contributed by atoms with Crippen LogP contribution in [-0.2, 0) is 13.6 Å². The number of aryl methyl sites for hydroxylation is 1. The molecule has 0 spiro atoms. The molecule has 0 saturated heterocycles. The lowest BCUT2D eigenvalue weighted by atomic mass is 10.2. The van der Waals surface area contributed by atoms with Crippen molar-refractivity contribution in [2.75, 3.05) is 0 Å². The van der Waals surface area contributed by atoms with Crippen LogP contribution in [0, 0.1) is 0 Å². The van der Waals surface area contributed by atoms with Crippen molar-refractivity contribution in [3.63, 3.8) is 0 Å². The summed E-state index contributed by atoms with van der Waals surface area (Å²) in [5.41, 5.74) is 1.16. The average Bonchev–Trinajstić information content (AvgIpc) is 3.13. The highest BCUT2D eigenvalue weighted by Gasteiger charge is 2.20. The molecule has 0 unspecified atom stereocenters. The van der Waals surface area contributed by atoms with Crippen LogP contribution in [0.1, 0.15) is 18.4 Å². The molecule has 0 atom stereocenters. The molecule has 0 aliphatic heterocycles. The Bertz CT molecular complexity index is 578. The minimum atomic E-state index is 0.685. The molecule has 0 amide bonds. The van der Waals surface area contributed by atoms with Crippen LogP contribution in [0.2, 0.25) is 0 Å². The third kappa shape index (κ3) is 3.36. The van der Waals surface area contributed by atoms with E-state index < -0.39 is 0 Å². The summed E-state index contributed by atoms with van der Waals surface area (Å²) in [7, 11) is 1.88. The molecule has 0 radical (unpaired) electrons. The standard InChI is InChI=1S/C14H16BrN3O/c1-18-9-13(8-17-18)19-14-5-2-11(15)6-10(14)7-16-12-3-4-12/h2,5-6,8-9,12,16H,3-4,7H2,1H3. The van der Waals surface area contributed by atoms with E-state index in [2.05, 4.69) is 32.4 Å². The Morgan fingerprint density at radius 3 is 3.00 bits per heavy atom. The van der Waals surface area contributed by atoms with Crippen molar-refractivity contribution < 1.29 is 4.74 Å². The number of rotatable bonds is 5. The molecule has 4 nitrogen and oxygen atoms in total. The van der Waals surface area contributed by atoms with Gasteiger partial charge in [0.2, 0.25) is 0 Å². The first-order chi connectivity index (χ1) is 9.20. The summed E-state index contributed by atoms with van der Waals surface area (Å²) in [4.78, 5) is 0. The lowest BCUT2D eigenvalue weighted by Gasteiger charge is -2.11. The Labute approximate surface area is 120 Å². The largest absolute Gasteiger partial charge is 0.454 e. The normalized spacial score (nSPS) is 14.6. The molecule has 3 rings (SSSR count). The van der Waals surface area contributed by atoms with E-state index in [0.717, 1.165) is 28.1 Å².